The van der Waals surface area contributed by atoms with Crippen LogP contribution in [0.25, 0.3) is 0 Å². The van der Waals surface area contributed by atoms with Crippen molar-refractivity contribution in [2.45, 2.75) is 32.6 Å². The Labute approximate surface area is 122 Å². The molecule has 1 N–H and O–H groups in total. The second kappa shape index (κ2) is 6.07. The molecule has 0 aliphatic heterocycles. The van der Waals surface area contributed by atoms with E-state index in [1.807, 2.05) is 0 Å². The summed E-state index contributed by atoms with van der Waals surface area (Å²) in [5.41, 5.74) is 0.0117. The van der Waals surface area contributed by atoms with Crippen molar-refractivity contribution in [1.29, 1.82) is 0 Å². The third-order valence-electron chi connectivity index (χ3n) is 3.98. The fraction of sp³-hybridized carbons (Fsp3) is 0.571. The van der Waals surface area contributed by atoms with Crippen LogP contribution in [-0.2, 0) is 4.74 Å². The van der Waals surface area contributed by atoms with Gasteiger partial charge in [-0.25, -0.2) is 9.78 Å². The molecule has 0 amide bonds. The summed E-state index contributed by atoms with van der Waals surface area (Å²) in [6.07, 6.45) is 5.88. The molecule has 1 aromatic rings. The summed E-state index contributed by atoms with van der Waals surface area (Å²) >= 11 is 0. The number of carbonyl (C=O) groups excluding carboxylic acids is 1. The molecule has 0 atom stereocenters. The van der Waals surface area contributed by atoms with Crippen LogP contribution < -0.4 is 5.32 Å². The molecular formula is C14H19N3O4. The monoisotopic (exact) mass is 293 g/mol. The maximum Gasteiger partial charge on any atom is 0.339 e. The molecule has 21 heavy (non-hydrogen) atoms. The van der Waals surface area contributed by atoms with Crippen LogP contribution >= 0.6 is 0 Å². The second-order valence-electron chi connectivity index (χ2n) is 5.71. The van der Waals surface area contributed by atoms with Crippen molar-refractivity contribution in [3.05, 3.63) is 27.9 Å². The average Bonchev–Trinajstić information content (AvgIpc) is 2.91. The van der Waals surface area contributed by atoms with Gasteiger partial charge in [0.2, 0.25) is 5.82 Å². The Hall–Kier alpha value is -2.18. The van der Waals surface area contributed by atoms with Gasteiger partial charge >= 0.3 is 11.7 Å². The average molecular weight is 293 g/mol. The van der Waals surface area contributed by atoms with Crippen LogP contribution in [0.15, 0.2) is 12.3 Å². The highest BCUT2D eigenvalue weighted by Crippen LogP contribution is 2.38. The van der Waals surface area contributed by atoms with Gasteiger partial charge in [0.05, 0.1) is 17.6 Å². The number of hydrogen-bond acceptors (Lipinski definition) is 6. The molecule has 0 spiro atoms. The predicted octanol–water partition coefficient (Wildman–Crippen LogP) is 2.77. The topological polar surface area (TPSA) is 94.4 Å². The first-order valence-electron chi connectivity index (χ1n) is 6.92. The number of esters is 1. The van der Waals surface area contributed by atoms with Crippen molar-refractivity contribution in [3.63, 3.8) is 0 Å². The van der Waals surface area contributed by atoms with Crippen molar-refractivity contribution >= 4 is 17.5 Å². The van der Waals surface area contributed by atoms with E-state index in [1.165, 1.54) is 32.2 Å². The van der Waals surface area contributed by atoms with Crippen LogP contribution in [0, 0.1) is 15.5 Å². The van der Waals surface area contributed by atoms with Gasteiger partial charge in [-0.05, 0) is 18.3 Å². The van der Waals surface area contributed by atoms with Crippen molar-refractivity contribution in [2.24, 2.45) is 5.41 Å². The number of anilines is 1. The molecule has 0 bridgehead atoms. The number of methoxy groups -OCH3 is 1. The Bertz CT molecular complexity index is 553. The Balaban J connectivity index is 2.18. The van der Waals surface area contributed by atoms with Crippen molar-refractivity contribution in [1.82, 2.24) is 4.98 Å². The van der Waals surface area contributed by atoms with Gasteiger partial charge < -0.3 is 10.1 Å². The minimum atomic E-state index is -0.639. The summed E-state index contributed by atoms with van der Waals surface area (Å²) in [7, 11) is 1.22. The molecule has 0 saturated heterocycles. The molecule has 1 heterocycles. The second-order valence-corrected chi connectivity index (χ2v) is 5.71. The normalized spacial score (nSPS) is 16.5. The van der Waals surface area contributed by atoms with Crippen LogP contribution in [0.2, 0.25) is 0 Å². The number of carbonyl (C=O) groups is 1. The molecule has 1 fully saturated rings. The summed E-state index contributed by atoms with van der Waals surface area (Å²) in [6, 6.07) is 1.19. The maximum atomic E-state index is 11.4. The van der Waals surface area contributed by atoms with Crippen LogP contribution in [-0.4, -0.2) is 29.5 Å². The van der Waals surface area contributed by atoms with Gasteiger partial charge in [0.1, 0.15) is 0 Å². The van der Waals surface area contributed by atoms with Gasteiger partial charge in [-0.2, -0.15) is 0 Å². The lowest BCUT2D eigenvalue weighted by Gasteiger charge is -2.23. The smallest absolute Gasteiger partial charge is 0.339 e. The molecule has 1 aliphatic rings. The molecule has 0 unspecified atom stereocenters. The molecule has 1 aromatic heterocycles. The van der Waals surface area contributed by atoms with Gasteiger partial charge in [-0.1, -0.05) is 19.8 Å². The van der Waals surface area contributed by atoms with Crippen LogP contribution in [0.5, 0.6) is 0 Å². The van der Waals surface area contributed by atoms with Gasteiger partial charge in [0.15, 0.2) is 0 Å². The zero-order valence-electron chi connectivity index (χ0n) is 12.2. The molecule has 7 heteroatoms. The zero-order valence-corrected chi connectivity index (χ0v) is 12.2. The predicted molar refractivity (Wildman–Crippen MR) is 77.3 cm³/mol. The minimum absolute atomic E-state index is 0.0711. The SMILES string of the molecule is COC(=O)c1cnc(NCC2(C)CCCC2)c([N+](=O)[O-])c1. The van der Waals surface area contributed by atoms with Crippen molar-refractivity contribution < 1.29 is 14.5 Å². The lowest BCUT2D eigenvalue weighted by molar-refractivity contribution is -0.384. The summed E-state index contributed by atoms with van der Waals surface area (Å²) in [4.78, 5) is 26.0. The number of aromatic nitrogens is 1. The molecule has 0 aromatic carbocycles. The first-order chi connectivity index (χ1) is 9.95. The number of nitrogens with zero attached hydrogens (tertiary/aromatic N) is 2. The van der Waals surface area contributed by atoms with Gasteiger partial charge in [0, 0.05) is 18.8 Å². The third-order valence-corrected chi connectivity index (χ3v) is 3.98. The van der Waals surface area contributed by atoms with E-state index in [-0.39, 0.29) is 22.5 Å². The minimum Gasteiger partial charge on any atom is -0.465 e. The summed E-state index contributed by atoms with van der Waals surface area (Å²) in [5, 5.41) is 14.2. The number of rotatable bonds is 5. The molecule has 2 rings (SSSR count). The van der Waals surface area contributed by atoms with E-state index < -0.39 is 10.9 Å². The maximum absolute atomic E-state index is 11.4. The molecule has 0 radical (unpaired) electrons. The highest BCUT2D eigenvalue weighted by atomic mass is 16.6. The van der Waals surface area contributed by atoms with E-state index in [0.29, 0.717) is 6.54 Å². The van der Waals surface area contributed by atoms with E-state index in [9.17, 15) is 14.9 Å². The largest absolute Gasteiger partial charge is 0.465 e. The van der Waals surface area contributed by atoms with Gasteiger partial charge in [-0.3, -0.25) is 10.1 Å². The van der Waals surface area contributed by atoms with Gasteiger partial charge in [-0.15, -0.1) is 0 Å². The Kier molecular flexibility index (Phi) is 4.40. The van der Waals surface area contributed by atoms with Gasteiger partial charge in [0.25, 0.3) is 0 Å². The lowest BCUT2D eigenvalue weighted by Crippen LogP contribution is -2.23. The Morgan fingerprint density at radius 3 is 2.76 bits per heavy atom. The van der Waals surface area contributed by atoms with Crippen molar-refractivity contribution in [2.75, 3.05) is 19.0 Å². The summed E-state index contributed by atoms with van der Waals surface area (Å²) in [5.74, 6) is -0.444. The van der Waals surface area contributed by atoms with Crippen LogP contribution in [0.3, 0.4) is 0 Å². The molecule has 114 valence electrons. The third kappa shape index (κ3) is 3.48. The Morgan fingerprint density at radius 1 is 1.52 bits per heavy atom. The number of pyridine rings is 1. The first kappa shape index (κ1) is 15.2. The fourth-order valence-corrected chi connectivity index (χ4v) is 2.66. The number of nitrogens with one attached hydrogen (secondary N) is 1. The van der Waals surface area contributed by atoms with E-state index in [2.05, 4.69) is 22.0 Å². The van der Waals surface area contributed by atoms with E-state index in [0.717, 1.165) is 12.8 Å². The fourth-order valence-electron chi connectivity index (χ4n) is 2.66. The number of nitro groups is 1. The summed E-state index contributed by atoms with van der Waals surface area (Å²) in [6.45, 7) is 2.81. The summed E-state index contributed by atoms with van der Waals surface area (Å²) < 4.78 is 4.55. The van der Waals surface area contributed by atoms with Crippen LogP contribution in [0.1, 0.15) is 43.0 Å². The van der Waals surface area contributed by atoms with Crippen molar-refractivity contribution in [3.8, 4) is 0 Å². The van der Waals surface area contributed by atoms with Crippen LogP contribution in [0.4, 0.5) is 11.5 Å². The van der Waals surface area contributed by atoms with E-state index in [4.69, 9.17) is 0 Å². The zero-order chi connectivity index (χ0) is 15.5. The highest BCUT2D eigenvalue weighted by molar-refractivity contribution is 5.90. The number of hydrogen-bond donors (Lipinski definition) is 1. The quantitative estimate of drug-likeness (QED) is 0.509. The standard InChI is InChI=1S/C14H19N3O4/c1-14(5-3-4-6-14)9-16-12-11(17(19)20)7-10(8-15-12)13(18)21-2/h7-8H,3-6,9H2,1-2H3,(H,15,16). The Morgan fingerprint density at radius 2 is 2.19 bits per heavy atom. The van der Waals surface area contributed by atoms with E-state index in [1.54, 1.807) is 0 Å². The van der Waals surface area contributed by atoms with E-state index >= 15 is 0 Å². The highest BCUT2D eigenvalue weighted by Gasteiger charge is 2.29. The molecule has 1 saturated carbocycles. The molecule has 7 nitrogen and oxygen atoms in total. The first-order valence-corrected chi connectivity index (χ1v) is 6.92. The number of ether oxygens (including phenoxy) is 1. The molecular weight excluding hydrogens is 274 g/mol. The lowest BCUT2D eigenvalue weighted by atomic mass is 9.89. The molecule has 1 aliphatic carbocycles.